The van der Waals surface area contributed by atoms with E-state index in [1.807, 2.05) is 0 Å². The van der Waals surface area contributed by atoms with Crippen LogP contribution < -0.4 is 15.1 Å². The topological polar surface area (TPSA) is 19.7 Å². The second-order valence-electron chi connectivity index (χ2n) is 5.71. The fourth-order valence-electron chi connectivity index (χ4n) is 3.23. The number of halogens is 1. The quantitative estimate of drug-likeness (QED) is 0.809. The van der Waals surface area contributed by atoms with E-state index in [0.29, 0.717) is 0 Å². The van der Waals surface area contributed by atoms with Crippen molar-refractivity contribution in [3.8, 4) is 0 Å². The maximum absolute atomic E-state index is 13.0. The van der Waals surface area contributed by atoms with Crippen LogP contribution in [0.2, 0.25) is 0 Å². The first kappa shape index (κ1) is 13.8. The van der Waals surface area contributed by atoms with Crippen LogP contribution in [0.15, 0.2) is 24.3 Å². The first-order valence-electron chi connectivity index (χ1n) is 7.39. The van der Waals surface area contributed by atoms with E-state index in [4.69, 9.17) is 12.2 Å². The molecule has 5 heteroatoms. The van der Waals surface area contributed by atoms with Crippen molar-refractivity contribution in [2.45, 2.75) is 38.1 Å². The smallest absolute Gasteiger partial charge is 0.182 e. The molecule has 1 saturated carbocycles. The van der Waals surface area contributed by atoms with Gasteiger partial charge in [-0.3, -0.25) is 9.80 Å². The minimum absolute atomic E-state index is 0.207. The molecule has 1 aromatic carbocycles. The molecule has 0 radical (unpaired) electrons. The van der Waals surface area contributed by atoms with Gasteiger partial charge >= 0.3 is 0 Å². The van der Waals surface area contributed by atoms with E-state index in [1.54, 1.807) is 17.0 Å². The largest absolute Gasteiger partial charge is 0.315 e. The molecule has 3 nitrogen and oxygen atoms in total. The fourth-order valence-corrected chi connectivity index (χ4v) is 3.47. The second kappa shape index (κ2) is 6.06. The Hall–Kier alpha value is -1.20. The van der Waals surface area contributed by atoms with Gasteiger partial charge in [0.1, 0.15) is 5.82 Å². The van der Waals surface area contributed by atoms with Gasteiger partial charge in [-0.15, -0.1) is 0 Å². The molecule has 3 rings (SSSR count). The van der Waals surface area contributed by atoms with Gasteiger partial charge < -0.3 is 5.32 Å². The number of nitrogens with zero attached hydrogens (tertiary/aromatic N) is 1. The van der Waals surface area contributed by atoms with Gasteiger partial charge in [0.05, 0.1) is 6.04 Å². The number of nitrogens with one attached hydrogen (secondary N) is 2. The predicted octanol–water partition coefficient (Wildman–Crippen LogP) is 1.65. The first-order valence-corrected chi connectivity index (χ1v) is 7.80. The highest BCUT2D eigenvalue weighted by Crippen LogP contribution is 2.18. The average Bonchev–Trinajstić information content (AvgIpc) is 2.50. The molecule has 0 spiro atoms. The molecule has 1 heterocycles. The van der Waals surface area contributed by atoms with Crippen LogP contribution in [-0.2, 0) is 0 Å². The maximum Gasteiger partial charge on any atom is 0.182 e. The molecule has 2 aliphatic rings. The summed E-state index contributed by atoms with van der Waals surface area (Å²) in [6.07, 6.45) is 6.67. The van der Waals surface area contributed by atoms with Crippen LogP contribution in [0.1, 0.15) is 32.1 Å². The summed E-state index contributed by atoms with van der Waals surface area (Å²) in [7, 11) is 0. The lowest BCUT2D eigenvalue weighted by molar-refractivity contribution is -0.929. The molecule has 1 aliphatic heterocycles. The van der Waals surface area contributed by atoms with Crippen molar-refractivity contribution < 1.29 is 9.29 Å². The van der Waals surface area contributed by atoms with Crippen molar-refractivity contribution in [1.82, 2.24) is 5.32 Å². The van der Waals surface area contributed by atoms with Gasteiger partial charge in [-0.25, -0.2) is 4.39 Å². The van der Waals surface area contributed by atoms with Crippen LogP contribution in [0.4, 0.5) is 10.1 Å². The van der Waals surface area contributed by atoms with Crippen molar-refractivity contribution >= 4 is 23.0 Å². The number of benzene rings is 1. The minimum Gasteiger partial charge on any atom is -0.315 e. The zero-order chi connectivity index (χ0) is 13.9. The molecule has 108 valence electrons. The lowest BCUT2D eigenvalue weighted by Crippen LogP contribution is -3.20. The van der Waals surface area contributed by atoms with Gasteiger partial charge in [0.15, 0.2) is 18.4 Å². The van der Waals surface area contributed by atoms with Crippen molar-refractivity contribution in [2.24, 2.45) is 0 Å². The minimum atomic E-state index is -0.207. The molecule has 1 aliphatic carbocycles. The average molecular weight is 294 g/mol. The number of quaternary nitrogens is 1. The van der Waals surface area contributed by atoms with Crippen LogP contribution in [-0.4, -0.2) is 24.5 Å². The van der Waals surface area contributed by atoms with Crippen LogP contribution in [0.25, 0.3) is 0 Å². The lowest BCUT2D eigenvalue weighted by Gasteiger charge is -2.40. The van der Waals surface area contributed by atoms with E-state index in [2.05, 4.69) is 10.2 Å². The van der Waals surface area contributed by atoms with E-state index in [1.165, 1.54) is 44.2 Å². The second-order valence-corrected chi connectivity index (χ2v) is 6.10. The number of thiocarbonyl (C=S) groups is 1. The molecule has 0 aromatic heterocycles. The summed E-state index contributed by atoms with van der Waals surface area (Å²) in [6.45, 7) is 1.78. The third-order valence-electron chi connectivity index (χ3n) is 4.39. The zero-order valence-corrected chi connectivity index (χ0v) is 12.4. The number of anilines is 1. The number of hydrogen-bond acceptors (Lipinski definition) is 1. The Morgan fingerprint density at radius 2 is 1.85 bits per heavy atom. The van der Waals surface area contributed by atoms with Gasteiger partial charge in [0.25, 0.3) is 0 Å². The van der Waals surface area contributed by atoms with Crippen LogP contribution in [0, 0.1) is 5.82 Å². The summed E-state index contributed by atoms with van der Waals surface area (Å²) < 4.78 is 13.0. The Morgan fingerprint density at radius 3 is 2.55 bits per heavy atom. The van der Waals surface area contributed by atoms with Crippen LogP contribution in [0.3, 0.4) is 0 Å². The van der Waals surface area contributed by atoms with Crippen LogP contribution in [0.5, 0.6) is 0 Å². The molecule has 20 heavy (non-hydrogen) atoms. The Bertz CT molecular complexity index is 471. The SMILES string of the molecule is Fc1ccc(N2C[NH+](C3CCCCC3)CNC2=S)cc1. The normalized spacial score (nSPS) is 24.6. The fraction of sp³-hybridized carbons (Fsp3) is 0.533. The summed E-state index contributed by atoms with van der Waals surface area (Å²) in [5, 5.41) is 4.07. The highest BCUT2D eigenvalue weighted by atomic mass is 32.1. The molecular weight excluding hydrogens is 273 g/mol. The third-order valence-corrected chi connectivity index (χ3v) is 4.76. The maximum atomic E-state index is 13.0. The first-order chi connectivity index (χ1) is 9.74. The molecule has 2 N–H and O–H groups in total. The molecule has 1 aromatic rings. The van der Waals surface area contributed by atoms with Crippen molar-refractivity contribution in [3.63, 3.8) is 0 Å². The summed E-state index contributed by atoms with van der Waals surface area (Å²) in [5.74, 6) is -0.207. The Labute approximate surface area is 124 Å². The van der Waals surface area contributed by atoms with Gasteiger partial charge in [-0.05, 0) is 62.2 Å². The Morgan fingerprint density at radius 1 is 1.15 bits per heavy atom. The summed E-state index contributed by atoms with van der Waals surface area (Å²) in [6, 6.07) is 7.31. The highest BCUT2D eigenvalue weighted by Gasteiger charge is 2.31. The summed E-state index contributed by atoms with van der Waals surface area (Å²) >= 11 is 5.40. The van der Waals surface area contributed by atoms with Gasteiger partial charge in [0, 0.05) is 5.69 Å². The molecule has 0 amide bonds. The van der Waals surface area contributed by atoms with E-state index < -0.39 is 0 Å². The Kier molecular flexibility index (Phi) is 4.17. The van der Waals surface area contributed by atoms with E-state index >= 15 is 0 Å². The molecule has 1 unspecified atom stereocenters. The predicted molar refractivity (Wildman–Crippen MR) is 82.2 cm³/mol. The van der Waals surface area contributed by atoms with Gasteiger partial charge in [-0.1, -0.05) is 6.42 Å². The van der Waals surface area contributed by atoms with Crippen LogP contribution >= 0.6 is 12.2 Å². The van der Waals surface area contributed by atoms with Gasteiger partial charge in [-0.2, -0.15) is 0 Å². The monoisotopic (exact) mass is 294 g/mol. The molecule has 0 bridgehead atoms. The highest BCUT2D eigenvalue weighted by molar-refractivity contribution is 7.80. The Balaban J connectivity index is 1.72. The molecular formula is C15H21FN3S+. The number of rotatable bonds is 2. The standard InChI is InChI=1S/C15H20FN3S/c16-12-6-8-14(9-7-12)19-11-18(10-17-15(19)20)13-4-2-1-3-5-13/h6-9,13H,1-5,10-11H2,(H,17,20)/p+1. The molecule has 1 saturated heterocycles. The van der Waals surface area contributed by atoms with E-state index in [0.717, 1.165) is 30.2 Å². The lowest BCUT2D eigenvalue weighted by atomic mass is 9.94. The molecule has 2 fully saturated rings. The summed E-state index contributed by atoms with van der Waals surface area (Å²) in [5.41, 5.74) is 0.969. The van der Waals surface area contributed by atoms with Crippen molar-refractivity contribution in [2.75, 3.05) is 18.2 Å². The third kappa shape index (κ3) is 2.94. The zero-order valence-electron chi connectivity index (χ0n) is 11.6. The van der Waals surface area contributed by atoms with Crippen molar-refractivity contribution in [3.05, 3.63) is 30.1 Å². The summed E-state index contributed by atoms with van der Waals surface area (Å²) in [4.78, 5) is 3.63. The van der Waals surface area contributed by atoms with E-state index in [-0.39, 0.29) is 5.82 Å². The van der Waals surface area contributed by atoms with Gasteiger partial charge in [0.2, 0.25) is 0 Å². The van der Waals surface area contributed by atoms with Crippen molar-refractivity contribution in [1.29, 1.82) is 0 Å². The van der Waals surface area contributed by atoms with E-state index in [9.17, 15) is 4.39 Å². The molecule has 1 atom stereocenters. The number of hydrogen-bond donors (Lipinski definition) is 2.